The van der Waals surface area contributed by atoms with Crippen molar-refractivity contribution in [1.82, 2.24) is 0 Å². The number of nitrogens with zero attached hydrogens (tertiary/aromatic N) is 4. The summed E-state index contributed by atoms with van der Waals surface area (Å²) in [7, 11) is 0. The number of rotatable bonds is 18. The van der Waals surface area contributed by atoms with Crippen LogP contribution in [-0.2, 0) is 10.8 Å². The van der Waals surface area contributed by atoms with Crippen molar-refractivity contribution in [2.45, 2.75) is 246 Å². The number of benzene rings is 10. The highest BCUT2D eigenvalue weighted by molar-refractivity contribution is 7.00. The summed E-state index contributed by atoms with van der Waals surface area (Å²) >= 11 is 8.02. The smallest absolute Gasteiger partial charge is 0.252 e. The summed E-state index contributed by atoms with van der Waals surface area (Å²) < 4.78 is 0. The average Bonchev–Trinajstić information content (AvgIpc) is 0.689. The highest BCUT2D eigenvalue weighted by Gasteiger charge is 2.55. The molecule has 8 aliphatic carbocycles. The van der Waals surface area contributed by atoms with Gasteiger partial charge >= 0.3 is 0 Å². The maximum absolute atomic E-state index is 8.02. The summed E-state index contributed by atoms with van der Waals surface area (Å²) in [5.41, 5.74) is 33.4. The molecule has 10 aromatic rings. The third kappa shape index (κ3) is 13.6. The molecule has 0 radical (unpaired) electrons. The quantitative estimate of drug-likeness (QED) is 0.0794. The summed E-state index contributed by atoms with van der Waals surface area (Å²) in [6.07, 6.45) is 16.6. The second-order valence-electron chi connectivity index (χ2n) is 38.4. The molecule has 20 rings (SSSR count). The van der Waals surface area contributed by atoms with Crippen LogP contribution >= 0.6 is 11.6 Å². The van der Waals surface area contributed by atoms with Crippen molar-refractivity contribution in [2.24, 2.45) is 35.5 Å². The Morgan fingerprint density at radius 2 is 0.527 bits per heavy atom. The minimum atomic E-state index is 0.148. The molecule has 566 valence electrons. The molecule has 0 N–H and O–H groups in total. The van der Waals surface area contributed by atoms with Gasteiger partial charge in [0.25, 0.3) is 6.71 Å². The van der Waals surface area contributed by atoms with E-state index in [0.717, 1.165) is 74.7 Å². The van der Waals surface area contributed by atoms with E-state index in [0.29, 0.717) is 47.3 Å². The van der Waals surface area contributed by atoms with Gasteiger partial charge in [0.15, 0.2) is 0 Å². The van der Waals surface area contributed by atoms with Gasteiger partial charge < -0.3 is 19.6 Å². The summed E-state index contributed by atoms with van der Waals surface area (Å²) in [6.45, 7) is 36.9. The lowest BCUT2D eigenvalue weighted by Gasteiger charge is -2.57. The van der Waals surface area contributed by atoms with E-state index in [-0.39, 0.29) is 17.5 Å². The SMILES string of the molecule is CC(C)c1ccc(N(c2ccc(C(C)C)cc2)c2cc(C34CC5CC(CC(C5)C3)C4)cc(N(c3ccc(C(C)C)cc3)c3ccc(C(C)C)cc3)c2Cl)cc1.CC(C)c1ccc(N2c3ccc(C(C)C)cc3B3c4cc(C(C)C)ccc4N(c4ccc(C(C)C)cc4)c4cc(C56CC7CC(CC(C7)C5)C6)cc2c43)cc1. The second-order valence-corrected chi connectivity index (χ2v) is 38.7. The molecule has 10 aliphatic rings. The van der Waals surface area contributed by atoms with Crippen molar-refractivity contribution in [3.8, 4) is 0 Å². The zero-order valence-electron chi connectivity index (χ0n) is 68.9. The Labute approximate surface area is 666 Å². The Morgan fingerprint density at radius 1 is 0.291 bits per heavy atom. The number of hydrogen-bond donors (Lipinski definition) is 0. The zero-order chi connectivity index (χ0) is 76.5. The van der Waals surface area contributed by atoms with Gasteiger partial charge in [-0.2, -0.15) is 0 Å². The van der Waals surface area contributed by atoms with E-state index < -0.39 is 0 Å². The van der Waals surface area contributed by atoms with Gasteiger partial charge in [-0.25, -0.2) is 0 Å². The highest BCUT2D eigenvalue weighted by atomic mass is 35.5. The number of hydrogen-bond acceptors (Lipinski definition) is 4. The van der Waals surface area contributed by atoms with Crippen molar-refractivity contribution < 1.29 is 0 Å². The average molecular weight is 1470 g/mol. The third-order valence-electron chi connectivity index (χ3n) is 28.2. The molecule has 110 heavy (non-hydrogen) atoms. The van der Waals surface area contributed by atoms with Crippen LogP contribution in [0.3, 0.4) is 0 Å². The fraction of sp³-hybridized carbons (Fsp3) is 0.423. The first kappa shape index (κ1) is 74.5. The molecule has 8 saturated carbocycles. The standard InChI is InChI=1S/C52H59BN2.C52H61ClN2/c1-31(2)38-9-15-43(16-10-38)54-47-19-13-40(33(5)6)24-45(47)53-46-25-41(34(7)8)14-20-48(46)55(44-17-11-39(12-18-44)32(3)4)50-27-42(26-49(54)51(50)53)52-28-35-21-36(29-52)23-37(22-35)30-52;1-33(2)40-9-17-45(18-10-40)54(46-19-11-41(12-20-46)34(3)4)49-28-44(52-30-37-25-38(31-52)27-39(26-37)32-52)29-50(51(49)53)55(47-21-13-42(14-22-47)35(5)6)48-23-15-43(16-24-48)36(7)8/h9-20,24-27,31-37H,21-23,28-30H2,1-8H3;9-24,28-29,33-39H,25-27,30-32H2,1-8H3. The van der Waals surface area contributed by atoms with Gasteiger partial charge in [-0.1, -0.05) is 219 Å². The van der Waals surface area contributed by atoms with Crippen LogP contribution in [0.1, 0.15) is 291 Å². The number of anilines is 12. The molecule has 8 bridgehead atoms. The molecule has 0 aromatic heterocycles. The first-order chi connectivity index (χ1) is 52.9. The molecule has 6 heteroatoms. The molecule has 2 heterocycles. The second kappa shape index (κ2) is 29.4. The molecule has 4 nitrogen and oxygen atoms in total. The van der Waals surface area contributed by atoms with E-state index in [9.17, 15) is 0 Å². The van der Waals surface area contributed by atoms with Crippen molar-refractivity contribution in [3.63, 3.8) is 0 Å². The van der Waals surface area contributed by atoms with E-state index in [1.807, 2.05) is 0 Å². The van der Waals surface area contributed by atoms with Crippen LogP contribution < -0.4 is 36.0 Å². The van der Waals surface area contributed by atoms with Crippen LogP contribution in [0.25, 0.3) is 0 Å². The molecule has 0 saturated heterocycles. The lowest BCUT2D eigenvalue weighted by molar-refractivity contribution is -0.00526. The van der Waals surface area contributed by atoms with Crippen molar-refractivity contribution in [3.05, 3.63) is 267 Å². The summed E-state index contributed by atoms with van der Waals surface area (Å²) in [5, 5.41) is 0.773. The molecular formula is C104H120BClN4. The fourth-order valence-electron chi connectivity index (χ4n) is 22.7. The van der Waals surface area contributed by atoms with Crippen LogP contribution in [-0.4, -0.2) is 6.71 Å². The molecular weight excluding hydrogens is 1350 g/mol. The molecule has 2 aliphatic heterocycles. The van der Waals surface area contributed by atoms with E-state index in [1.165, 1.54) is 178 Å². The first-order valence-electron chi connectivity index (χ1n) is 43.0. The number of fused-ring (bicyclic) bond motifs is 4. The lowest BCUT2D eigenvalue weighted by atomic mass is 9.33. The normalized spacial score (nSPS) is 22.5. The predicted molar refractivity (Wildman–Crippen MR) is 474 cm³/mol. The Balaban J connectivity index is 0.000000160. The molecule has 0 atom stereocenters. The Morgan fingerprint density at radius 3 is 0.782 bits per heavy atom. The lowest BCUT2D eigenvalue weighted by Crippen LogP contribution is -2.61. The van der Waals surface area contributed by atoms with Crippen LogP contribution in [0.2, 0.25) is 5.02 Å². The van der Waals surface area contributed by atoms with Gasteiger partial charge in [0.1, 0.15) is 0 Å². The first-order valence-corrected chi connectivity index (χ1v) is 43.3. The largest absolute Gasteiger partial charge is 0.311 e. The van der Waals surface area contributed by atoms with Crippen LogP contribution in [0.15, 0.2) is 206 Å². The molecule has 0 amide bonds. The van der Waals surface area contributed by atoms with E-state index in [1.54, 1.807) is 5.56 Å². The van der Waals surface area contributed by atoms with Gasteiger partial charge in [0, 0.05) is 56.9 Å². The molecule has 0 unspecified atom stereocenters. The molecule has 0 spiro atoms. The summed E-state index contributed by atoms with van der Waals surface area (Å²) in [4.78, 5) is 10.2. The summed E-state index contributed by atoms with van der Waals surface area (Å²) in [6, 6.07) is 81.2. The number of halogens is 1. The van der Waals surface area contributed by atoms with E-state index >= 15 is 0 Å². The van der Waals surface area contributed by atoms with Crippen molar-refractivity contribution in [1.29, 1.82) is 0 Å². The van der Waals surface area contributed by atoms with E-state index in [2.05, 4.69) is 337 Å². The Kier molecular flexibility index (Phi) is 19.9. The Bertz CT molecular complexity index is 4520. The molecule has 8 fully saturated rings. The van der Waals surface area contributed by atoms with Gasteiger partial charge in [-0.3, -0.25) is 0 Å². The maximum Gasteiger partial charge on any atom is 0.252 e. The van der Waals surface area contributed by atoms with Gasteiger partial charge in [-0.05, 0) is 352 Å². The van der Waals surface area contributed by atoms with Crippen LogP contribution in [0.4, 0.5) is 68.2 Å². The minimum absolute atomic E-state index is 0.148. The Hall–Kier alpha value is -8.25. The fourth-order valence-corrected chi connectivity index (χ4v) is 23.0. The van der Waals surface area contributed by atoms with Crippen LogP contribution in [0.5, 0.6) is 0 Å². The highest BCUT2D eigenvalue weighted by Crippen LogP contribution is 2.64. The topological polar surface area (TPSA) is 13.0 Å². The van der Waals surface area contributed by atoms with Gasteiger partial charge in [-0.15, -0.1) is 0 Å². The van der Waals surface area contributed by atoms with Crippen molar-refractivity contribution in [2.75, 3.05) is 19.6 Å². The zero-order valence-corrected chi connectivity index (χ0v) is 69.7. The predicted octanol–water partition coefficient (Wildman–Crippen LogP) is 29.0. The molecule has 10 aromatic carbocycles. The van der Waals surface area contributed by atoms with E-state index in [4.69, 9.17) is 11.6 Å². The van der Waals surface area contributed by atoms with Crippen LogP contribution in [0, 0.1) is 35.5 Å². The van der Waals surface area contributed by atoms with Gasteiger partial charge in [0.2, 0.25) is 0 Å². The third-order valence-corrected chi connectivity index (χ3v) is 28.6. The summed E-state index contributed by atoms with van der Waals surface area (Å²) in [5.74, 6) is 8.88. The maximum atomic E-state index is 8.02. The van der Waals surface area contributed by atoms with Gasteiger partial charge in [0.05, 0.1) is 16.4 Å². The minimum Gasteiger partial charge on any atom is -0.311 e. The monoisotopic (exact) mass is 1470 g/mol. The van der Waals surface area contributed by atoms with Crippen molar-refractivity contribution >= 4 is 103 Å².